The number of alkyl halides is 1. The Balaban J connectivity index is 2.89. The average molecular weight is 199 g/mol. The quantitative estimate of drug-likeness (QED) is 0.644. The number of aromatic nitrogens is 2. The van der Waals surface area contributed by atoms with E-state index < -0.39 is 0 Å². The van der Waals surface area contributed by atoms with Crippen molar-refractivity contribution in [3.05, 3.63) is 29.7 Å². The summed E-state index contributed by atoms with van der Waals surface area (Å²) in [6.07, 6.45) is 0. The largest absolute Gasteiger partial charge is 0.268 e. The van der Waals surface area contributed by atoms with Crippen molar-refractivity contribution in [3.8, 4) is 0 Å². The first-order valence-electron chi connectivity index (χ1n) is 3.90. The molecule has 0 N–H and O–H groups in total. The summed E-state index contributed by atoms with van der Waals surface area (Å²) >= 11 is 5.65. The lowest BCUT2D eigenvalue weighted by atomic mass is 10.2. The Morgan fingerprint density at radius 1 is 1.54 bits per heavy atom. The first-order chi connectivity index (χ1) is 6.24. The highest BCUT2D eigenvalue weighted by atomic mass is 35.5. The lowest BCUT2D eigenvalue weighted by Crippen LogP contribution is -1.89. The summed E-state index contributed by atoms with van der Waals surface area (Å²) in [5, 5.41) is 4.64. The van der Waals surface area contributed by atoms with E-state index in [9.17, 15) is 4.39 Å². The molecular weight excluding hydrogens is 191 g/mol. The number of hydrogen-bond acceptors (Lipinski definition) is 1. The van der Waals surface area contributed by atoms with Crippen LogP contribution in [-0.4, -0.2) is 9.78 Å². The molecule has 0 aliphatic heterocycles. The van der Waals surface area contributed by atoms with E-state index in [-0.39, 0.29) is 11.7 Å². The van der Waals surface area contributed by atoms with Crippen LogP contribution in [0.15, 0.2) is 18.2 Å². The maximum Gasteiger partial charge on any atom is 0.134 e. The summed E-state index contributed by atoms with van der Waals surface area (Å²) in [4.78, 5) is 0. The SMILES string of the molecule is Cn1nc(CCl)c2c(F)cccc21. The molecule has 1 aromatic carbocycles. The summed E-state index contributed by atoms with van der Waals surface area (Å²) in [7, 11) is 1.78. The lowest BCUT2D eigenvalue weighted by molar-refractivity contribution is 0.639. The topological polar surface area (TPSA) is 17.8 Å². The van der Waals surface area contributed by atoms with Crippen molar-refractivity contribution in [3.63, 3.8) is 0 Å². The van der Waals surface area contributed by atoms with Crippen LogP contribution < -0.4 is 0 Å². The smallest absolute Gasteiger partial charge is 0.134 e. The minimum absolute atomic E-state index is 0.234. The zero-order valence-electron chi connectivity index (χ0n) is 7.09. The molecule has 2 aromatic rings. The average Bonchev–Trinajstić information content (AvgIpc) is 2.45. The fourth-order valence-corrected chi connectivity index (χ4v) is 1.63. The molecule has 0 aliphatic rings. The van der Waals surface area contributed by atoms with Crippen LogP contribution in [0.3, 0.4) is 0 Å². The van der Waals surface area contributed by atoms with Gasteiger partial charge in [0.25, 0.3) is 0 Å². The third-order valence-electron chi connectivity index (χ3n) is 2.03. The Kier molecular flexibility index (Phi) is 1.96. The maximum atomic E-state index is 13.3. The standard InChI is InChI=1S/C9H8ClFN2/c1-13-8-4-2-3-6(11)9(8)7(5-10)12-13/h2-4H,5H2,1H3. The molecule has 1 aromatic heterocycles. The van der Waals surface area contributed by atoms with Crippen molar-refractivity contribution in [2.24, 2.45) is 7.05 Å². The van der Waals surface area contributed by atoms with Crippen molar-refractivity contribution < 1.29 is 4.39 Å². The highest BCUT2D eigenvalue weighted by Gasteiger charge is 2.10. The van der Waals surface area contributed by atoms with Gasteiger partial charge in [-0.15, -0.1) is 11.6 Å². The molecule has 68 valence electrons. The van der Waals surface area contributed by atoms with Gasteiger partial charge >= 0.3 is 0 Å². The molecule has 13 heavy (non-hydrogen) atoms. The van der Waals surface area contributed by atoms with Gasteiger partial charge < -0.3 is 0 Å². The van der Waals surface area contributed by atoms with Gasteiger partial charge in [-0.05, 0) is 12.1 Å². The van der Waals surface area contributed by atoms with Crippen LogP contribution in [0.25, 0.3) is 10.9 Å². The molecular formula is C9H8ClFN2. The molecule has 1 heterocycles. The van der Waals surface area contributed by atoms with Crippen LogP contribution in [0.1, 0.15) is 5.69 Å². The first kappa shape index (κ1) is 8.51. The van der Waals surface area contributed by atoms with E-state index in [1.807, 2.05) is 6.07 Å². The summed E-state index contributed by atoms with van der Waals surface area (Å²) in [6, 6.07) is 4.90. The van der Waals surface area contributed by atoms with E-state index >= 15 is 0 Å². The normalized spacial score (nSPS) is 11.0. The Hall–Kier alpha value is -1.09. The molecule has 0 atom stereocenters. The fourth-order valence-electron chi connectivity index (χ4n) is 1.45. The van der Waals surface area contributed by atoms with Crippen LogP contribution in [0, 0.1) is 5.82 Å². The van der Waals surface area contributed by atoms with Gasteiger partial charge in [0.1, 0.15) is 5.82 Å². The van der Waals surface area contributed by atoms with Gasteiger partial charge in [-0.25, -0.2) is 4.39 Å². The third-order valence-corrected chi connectivity index (χ3v) is 2.28. The summed E-state index contributed by atoms with van der Waals surface area (Å²) in [5.41, 5.74) is 1.37. The number of halogens is 2. The monoisotopic (exact) mass is 198 g/mol. The van der Waals surface area contributed by atoms with Gasteiger partial charge in [0.15, 0.2) is 0 Å². The Labute approximate surface area is 79.9 Å². The summed E-state index contributed by atoms with van der Waals surface area (Å²) in [5.74, 6) is -0.0283. The van der Waals surface area contributed by atoms with Gasteiger partial charge in [-0.1, -0.05) is 6.07 Å². The highest BCUT2D eigenvalue weighted by Crippen LogP contribution is 2.22. The fraction of sp³-hybridized carbons (Fsp3) is 0.222. The Morgan fingerprint density at radius 2 is 2.31 bits per heavy atom. The molecule has 0 radical (unpaired) electrons. The van der Waals surface area contributed by atoms with Crippen LogP contribution in [0.2, 0.25) is 0 Å². The molecule has 0 fully saturated rings. The molecule has 2 nitrogen and oxygen atoms in total. The second kappa shape index (κ2) is 3.00. The molecule has 2 rings (SSSR count). The maximum absolute atomic E-state index is 13.3. The number of hydrogen-bond donors (Lipinski definition) is 0. The van der Waals surface area contributed by atoms with Crippen LogP contribution >= 0.6 is 11.6 Å². The van der Waals surface area contributed by atoms with Crippen molar-refractivity contribution >= 4 is 22.5 Å². The second-order valence-corrected chi connectivity index (χ2v) is 3.11. The van der Waals surface area contributed by atoms with E-state index in [2.05, 4.69) is 5.10 Å². The number of rotatable bonds is 1. The van der Waals surface area contributed by atoms with E-state index in [0.717, 1.165) is 5.52 Å². The minimum atomic E-state index is -0.263. The zero-order chi connectivity index (χ0) is 9.42. The van der Waals surface area contributed by atoms with Crippen LogP contribution in [0.5, 0.6) is 0 Å². The molecule has 0 amide bonds. The second-order valence-electron chi connectivity index (χ2n) is 2.84. The van der Waals surface area contributed by atoms with Crippen molar-refractivity contribution in [1.82, 2.24) is 9.78 Å². The number of aryl methyl sites for hydroxylation is 1. The van der Waals surface area contributed by atoms with E-state index in [1.165, 1.54) is 6.07 Å². The van der Waals surface area contributed by atoms with E-state index in [4.69, 9.17) is 11.6 Å². The Morgan fingerprint density at radius 3 is 3.00 bits per heavy atom. The van der Waals surface area contributed by atoms with Crippen molar-refractivity contribution in [1.29, 1.82) is 0 Å². The van der Waals surface area contributed by atoms with E-state index in [0.29, 0.717) is 11.1 Å². The predicted molar refractivity (Wildman–Crippen MR) is 50.2 cm³/mol. The molecule has 0 saturated heterocycles. The zero-order valence-corrected chi connectivity index (χ0v) is 7.85. The molecule has 0 saturated carbocycles. The van der Waals surface area contributed by atoms with Gasteiger partial charge in [0.2, 0.25) is 0 Å². The molecule has 0 aliphatic carbocycles. The van der Waals surface area contributed by atoms with Crippen LogP contribution in [0.4, 0.5) is 4.39 Å². The van der Waals surface area contributed by atoms with Gasteiger partial charge in [-0.2, -0.15) is 5.10 Å². The summed E-state index contributed by atoms with van der Waals surface area (Å²) in [6.45, 7) is 0. The number of nitrogens with zero attached hydrogens (tertiary/aromatic N) is 2. The van der Waals surface area contributed by atoms with Gasteiger partial charge in [0, 0.05) is 7.05 Å². The third kappa shape index (κ3) is 1.20. The summed E-state index contributed by atoms with van der Waals surface area (Å²) < 4.78 is 15.0. The van der Waals surface area contributed by atoms with Crippen molar-refractivity contribution in [2.45, 2.75) is 5.88 Å². The Bertz CT molecular complexity index is 450. The minimum Gasteiger partial charge on any atom is -0.268 e. The molecule has 0 spiro atoms. The van der Waals surface area contributed by atoms with Crippen molar-refractivity contribution in [2.75, 3.05) is 0 Å². The molecule has 0 unspecified atom stereocenters. The molecule has 0 bridgehead atoms. The van der Waals surface area contributed by atoms with Gasteiger partial charge in [0.05, 0.1) is 22.5 Å². The van der Waals surface area contributed by atoms with Crippen LogP contribution in [-0.2, 0) is 12.9 Å². The highest BCUT2D eigenvalue weighted by molar-refractivity contribution is 6.17. The molecule has 4 heteroatoms. The van der Waals surface area contributed by atoms with Gasteiger partial charge in [-0.3, -0.25) is 4.68 Å². The number of fused-ring (bicyclic) bond motifs is 1. The van der Waals surface area contributed by atoms with E-state index in [1.54, 1.807) is 17.8 Å². The predicted octanol–water partition coefficient (Wildman–Crippen LogP) is 2.45. The lowest BCUT2D eigenvalue weighted by Gasteiger charge is -1.93. The first-order valence-corrected chi connectivity index (χ1v) is 4.43. The number of benzene rings is 1.